The molecule has 0 spiro atoms. The van der Waals surface area contributed by atoms with Gasteiger partial charge in [0, 0.05) is 38.4 Å². The van der Waals surface area contributed by atoms with E-state index in [9.17, 15) is 4.79 Å². The average molecular weight is 380 g/mol. The van der Waals surface area contributed by atoms with Gasteiger partial charge in [0.05, 0.1) is 18.8 Å². The van der Waals surface area contributed by atoms with Gasteiger partial charge in [-0.1, -0.05) is 36.4 Å². The molecule has 1 saturated heterocycles. The highest BCUT2D eigenvalue weighted by molar-refractivity contribution is 5.95. The fraction of sp³-hybridized carbons (Fsp3) is 0.348. The number of benzene rings is 2. The molecule has 0 radical (unpaired) electrons. The van der Waals surface area contributed by atoms with Crippen molar-refractivity contribution in [2.45, 2.75) is 6.92 Å². The number of carbonyl (C=O) groups is 1. The molecule has 0 unspecified atom stereocenters. The molecular weight excluding hydrogens is 350 g/mol. The van der Waals surface area contributed by atoms with Gasteiger partial charge in [-0.25, -0.2) is 0 Å². The predicted molar refractivity (Wildman–Crippen MR) is 115 cm³/mol. The van der Waals surface area contributed by atoms with Gasteiger partial charge in [-0.2, -0.15) is 0 Å². The first-order chi connectivity index (χ1) is 13.7. The van der Waals surface area contributed by atoms with E-state index in [1.807, 2.05) is 55.5 Å². The molecule has 1 amide bonds. The number of anilines is 2. The SMILES string of the molecule is C=CCN(C(=O)CN1CCN(c2ccccc2OCC)CC1)c1ccccc1. The first-order valence-corrected chi connectivity index (χ1v) is 9.88. The van der Waals surface area contributed by atoms with Crippen molar-refractivity contribution >= 4 is 17.3 Å². The zero-order valence-electron chi connectivity index (χ0n) is 16.6. The van der Waals surface area contributed by atoms with Crippen molar-refractivity contribution in [1.29, 1.82) is 0 Å². The third kappa shape index (κ3) is 4.93. The van der Waals surface area contributed by atoms with Gasteiger partial charge in [0.2, 0.25) is 5.91 Å². The second-order valence-electron chi connectivity index (χ2n) is 6.79. The van der Waals surface area contributed by atoms with Crippen LogP contribution in [0.15, 0.2) is 67.3 Å². The van der Waals surface area contributed by atoms with Crippen LogP contribution in [0.2, 0.25) is 0 Å². The Morgan fingerprint density at radius 3 is 2.43 bits per heavy atom. The van der Waals surface area contributed by atoms with E-state index in [0.29, 0.717) is 19.7 Å². The Labute approximate surface area is 167 Å². The Bertz CT molecular complexity index is 770. The van der Waals surface area contributed by atoms with E-state index in [2.05, 4.69) is 22.4 Å². The number of rotatable bonds is 8. The van der Waals surface area contributed by atoms with E-state index in [0.717, 1.165) is 43.3 Å². The monoisotopic (exact) mass is 379 g/mol. The van der Waals surface area contributed by atoms with Crippen molar-refractivity contribution in [2.24, 2.45) is 0 Å². The zero-order chi connectivity index (χ0) is 19.8. The summed E-state index contributed by atoms with van der Waals surface area (Å²) < 4.78 is 5.76. The largest absolute Gasteiger partial charge is 0.492 e. The summed E-state index contributed by atoms with van der Waals surface area (Å²) >= 11 is 0. The number of carbonyl (C=O) groups excluding carboxylic acids is 1. The van der Waals surface area contributed by atoms with E-state index in [4.69, 9.17) is 4.74 Å². The first kappa shape index (κ1) is 20.0. The second kappa shape index (κ2) is 9.95. The molecule has 0 atom stereocenters. The molecule has 28 heavy (non-hydrogen) atoms. The van der Waals surface area contributed by atoms with E-state index in [1.165, 1.54) is 0 Å². The molecule has 0 N–H and O–H groups in total. The summed E-state index contributed by atoms with van der Waals surface area (Å²) in [5, 5.41) is 0. The second-order valence-corrected chi connectivity index (χ2v) is 6.79. The van der Waals surface area contributed by atoms with Gasteiger partial charge in [-0.3, -0.25) is 9.69 Å². The van der Waals surface area contributed by atoms with Crippen LogP contribution in [0, 0.1) is 0 Å². The lowest BCUT2D eigenvalue weighted by atomic mass is 10.2. The van der Waals surface area contributed by atoms with Crippen LogP contribution in [0.4, 0.5) is 11.4 Å². The van der Waals surface area contributed by atoms with Gasteiger partial charge in [0.1, 0.15) is 5.75 Å². The highest BCUT2D eigenvalue weighted by Crippen LogP contribution is 2.28. The molecule has 2 aromatic carbocycles. The Morgan fingerprint density at radius 2 is 1.75 bits per heavy atom. The normalized spacial score (nSPS) is 14.5. The van der Waals surface area contributed by atoms with Gasteiger partial charge < -0.3 is 14.5 Å². The van der Waals surface area contributed by atoms with E-state index in [1.54, 1.807) is 11.0 Å². The molecule has 5 heteroatoms. The number of amides is 1. The minimum Gasteiger partial charge on any atom is -0.492 e. The molecule has 0 aliphatic carbocycles. The van der Waals surface area contributed by atoms with Crippen LogP contribution in [0.25, 0.3) is 0 Å². The quantitative estimate of drug-likeness (QED) is 0.659. The number of piperazine rings is 1. The maximum atomic E-state index is 12.9. The number of ether oxygens (including phenoxy) is 1. The van der Waals surface area contributed by atoms with Gasteiger partial charge in [0.15, 0.2) is 0 Å². The Kier molecular flexibility index (Phi) is 7.09. The van der Waals surface area contributed by atoms with Crippen LogP contribution >= 0.6 is 0 Å². The van der Waals surface area contributed by atoms with Gasteiger partial charge in [-0.15, -0.1) is 6.58 Å². The molecule has 5 nitrogen and oxygen atoms in total. The zero-order valence-corrected chi connectivity index (χ0v) is 16.6. The van der Waals surface area contributed by atoms with Crippen LogP contribution in [-0.4, -0.2) is 56.7 Å². The number of nitrogens with zero attached hydrogens (tertiary/aromatic N) is 3. The molecular formula is C23H29N3O2. The molecule has 148 valence electrons. The van der Waals surface area contributed by atoms with Crippen LogP contribution in [0.5, 0.6) is 5.75 Å². The Morgan fingerprint density at radius 1 is 1.07 bits per heavy atom. The van der Waals surface area contributed by atoms with Crippen molar-refractivity contribution in [3.63, 3.8) is 0 Å². The lowest BCUT2D eigenvalue weighted by Gasteiger charge is -2.37. The smallest absolute Gasteiger partial charge is 0.241 e. The van der Waals surface area contributed by atoms with Crippen LogP contribution in [0.3, 0.4) is 0 Å². The maximum absolute atomic E-state index is 12.9. The molecule has 1 aliphatic heterocycles. The fourth-order valence-electron chi connectivity index (χ4n) is 3.51. The summed E-state index contributed by atoms with van der Waals surface area (Å²) in [7, 11) is 0. The van der Waals surface area contributed by atoms with Crippen molar-refractivity contribution in [3.8, 4) is 5.75 Å². The number of hydrogen-bond acceptors (Lipinski definition) is 4. The maximum Gasteiger partial charge on any atom is 0.241 e. The predicted octanol–water partition coefficient (Wildman–Crippen LogP) is 3.43. The summed E-state index contributed by atoms with van der Waals surface area (Å²) in [6, 6.07) is 17.9. The third-order valence-corrected chi connectivity index (χ3v) is 4.92. The van der Waals surface area contributed by atoms with Crippen LogP contribution < -0.4 is 14.5 Å². The molecule has 1 heterocycles. The van der Waals surface area contributed by atoms with Crippen molar-refractivity contribution in [1.82, 2.24) is 4.90 Å². The fourth-order valence-corrected chi connectivity index (χ4v) is 3.51. The molecule has 0 saturated carbocycles. The topological polar surface area (TPSA) is 36.0 Å². The van der Waals surface area contributed by atoms with Gasteiger partial charge >= 0.3 is 0 Å². The number of hydrogen-bond donors (Lipinski definition) is 0. The molecule has 3 rings (SSSR count). The summed E-state index contributed by atoms with van der Waals surface area (Å²) in [5.41, 5.74) is 2.05. The van der Waals surface area contributed by atoms with E-state index < -0.39 is 0 Å². The lowest BCUT2D eigenvalue weighted by molar-refractivity contribution is -0.119. The van der Waals surface area contributed by atoms with Crippen molar-refractivity contribution in [2.75, 3.05) is 55.7 Å². The van der Waals surface area contributed by atoms with E-state index >= 15 is 0 Å². The minimum absolute atomic E-state index is 0.106. The average Bonchev–Trinajstić information content (AvgIpc) is 2.74. The highest BCUT2D eigenvalue weighted by Gasteiger charge is 2.23. The molecule has 2 aromatic rings. The Hall–Kier alpha value is -2.79. The summed E-state index contributed by atoms with van der Waals surface area (Å²) in [4.78, 5) is 19.3. The third-order valence-electron chi connectivity index (χ3n) is 4.92. The summed E-state index contributed by atoms with van der Waals surface area (Å²) in [6.07, 6.45) is 1.77. The number of para-hydroxylation sites is 3. The van der Waals surface area contributed by atoms with Gasteiger partial charge in [-0.05, 0) is 31.2 Å². The molecule has 1 fully saturated rings. The molecule has 0 bridgehead atoms. The van der Waals surface area contributed by atoms with Crippen LogP contribution in [-0.2, 0) is 4.79 Å². The van der Waals surface area contributed by atoms with Crippen LogP contribution in [0.1, 0.15) is 6.92 Å². The minimum atomic E-state index is 0.106. The first-order valence-electron chi connectivity index (χ1n) is 9.88. The lowest BCUT2D eigenvalue weighted by Crippen LogP contribution is -2.50. The van der Waals surface area contributed by atoms with E-state index in [-0.39, 0.29) is 5.91 Å². The standard InChI is InChI=1S/C23H29N3O2/c1-3-14-26(20-10-6-5-7-11-20)23(27)19-24-15-17-25(18-16-24)21-12-8-9-13-22(21)28-4-2/h3,5-13H,1,4,14-19H2,2H3. The molecule has 1 aliphatic rings. The Balaban J connectivity index is 1.59. The van der Waals surface area contributed by atoms with Gasteiger partial charge in [0.25, 0.3) is 0 Å². The highest BCUT2D eigenvalue weighted by atomic mass is 16.5. The van der Waals surface area contributed by atoms with Crippen molar-refractivity contribution in [3.05, 3.63) is 67.3 Å². The summed E-state index contributed by atoms with van der Waals surface area (Å²) in [6.45, 7) is 10.9. The summed E-state index contributed by atoms with van der Waals surface area (Å²) in [5.74, 6) is 1.03. The van der Waals surface area contributed by atoms with Crippen molar-refractivity contribution < 1.29 is 9.53 Å². The molecule has 0 aromatic heterocycles.